The Labute approximate surface area is 125 Å². The van der Waals surface area contributed by atoms with Gasteiger partial charge in [0.1, 0.15) is 5.82 Å². The van der Waals surface area contributed by atoms with Gasteiger partial charge in [0.25, 0.3) is 0 Å². The van der Waals surface area contributed by atoms with E-state index >= 15 is 0 Å². The second-order valence-electron chi connectivity index (χ2n) is 4.48. The number of fused-ring (bicyclic) bond motifs is 1. The molecule has 3 aromatic rings. The monoisotopic (exact) mass is 303 g/mol. The largest absolute Gasteiger partial charge is 0.383 e. The predicted molar refractivity (Wildman–Crippen MR) is 83.2 cm³/mol. The summed E-state index contributed by atoms with van der Waals surface area (Å²) in [6, 6.07) is 10.5. The molecule has 0 bridgehead atoms. The van der Waals surface area contributed by atoms with Gasteiger partial charge in [-0.3, -0.25) is 0 Å². The molecule has 0 unspecified atom stereocenters. The zero-order valence-corrected chi connectivity index (χ0v) is 12.3. The van der Waals surface area contributed by atoms with Crippen molar-refractivity contribution < 1.29 is 9.13 Å². The topological polar surface area (TPSA) is 47.0 Å². The summed E-state index contributed by atoms with van der Waals surface area (Å²) >= 11 is 1.29. The van der Waals surface area contributed by atoms with E-state index in [0.717, 1.165) is 16.1 Å². The van der Waals surface area contributed by atoms with Crippen molar-refractivity contribution in [2.45, 2.75) is 0 Å². The molecule has 0 saturated heterocycles. The number of halogens is 1. The lowest BCUT2D eigenvalue weighted by Gasteiger charge is -2.04. The molecule has 0 radical (unpaired) electrons. The zero-order chi connectivity index (χ0) is 14.7. The molecule has 0 aliphatic heterocycles. The van der Waals surface area contributed by atoms with E-state index in [0.29, 0.717) is 24.4 Å². The normalized spacial score (nSPS) is 11.0. The molecule has 0 amide bonds. The Morgan fingerprint density at radius 3 is 2.81 bits per heavy atom. The Morgan fingerprint density at radius 2 is 2.00 bits per heavy atom. The molecule has 2 aromatic carbocycles. The second-order valence-corrected chi connectivity index (χ2v) is 5.24. The lowest BCUT2D eigenvalue weighted by atomic mass is 10.0. The molecule has 3 rings (SSSR count). The lowest BCUT2D eigenvalue weighted by Crippen LogP contribution is -2.07. The van der Waals surface area contributed by atoms with Crippen molar-refractivity contribution in [2.24, 2.45) is 0 Å². The van der Waals surface area contributed by atoms with Crippen LogP contribution in [0.2, 0.25) is 0 Å². The van der Waals surface area contributed by atoms with Crippen molar-refractivity contribution >= 4 is 27.4 Å². The maximum atomic E-state index is 13.8. The summed E-state index contributed by atoms with van der Waals surface area (Å²) in [7, 11) is 1.65. The van der Waals surface area contributed by atoms with Crippen LogP contribution in [0.15, 0.2) is 36.4 Å². The predicted octanol–water partition coefficient (Wildman–Crippen LogP) is 3.56. The average molecular weight is 303 g/mol. The second kappa shape index (κ2) is 6.15. The third kappa shape index (κ3) is 2.86. The number of ether oxygens (including phenoxy) is 1. The third-order valence-corrected chi connectivity index (χ3v) is 3.79. The Balaban J connectivity index is 1.96. The zero-order valence-electron chi connectivity index (χ0n) is 11.5. The number of benzene rings is 2. The van der Waals surface area contributed by atoms with Gasteiger partial charge in [0.2, 0.25) is 5.13 Å². The molecule has 0 aliphatic rings. The number of aromatic nitrogens is 2. The Morgan fingerprint density at radius 1 is 1.19 bits per heavy atom. The van der Waals surface area contributed by atoms with Gasteiger partial charge in [-0.15, -0.1) is 0 Å². The van der Waals surface area contributed by atoms with Crippen molar-refractivity contribution in [2.75, 3.05) is 25.6 Å². The maximum Gasteiger partial charge on any atom is 0.202 e. The minimum absolute atomic E-state index is 0.233. The highest BCUT2D eigenvalue weighted by atomic mass is 32.1. The van der Waals surface area contributed by atoms with Crippen molar-refractivity contribution in [3.63, 3.8) is 0 Å². The van der Waals surface area contributed by atoms with Gasteiger partial charge in [0, 0.05) is 36.1 Å². The fraction of sp³-hybridized carbons (Fsp3) is 0.200. The SMILES string of the molecule is COCCNc1nc(-c2ccc(F)c3ccccc23)ns1. The summed E-state index contributed by atoms with van der Waals surface area (Å²) < 4.78 is 23.2. The fourth-order valence-corrected chi connectivity index (χ4v) is 2.73. The molecule has 1 aromatic heterocycles. The van der Waals surface area contributed by atoms with Gasteiger partial charge in [-0.2, -0.15) is 9.36 Å². The van der Waals surface area contributed by atoms with E-state index < -0.39 is 0 Å². The van der Waals surface area contributed by atoms with Crippen LogP contribution >= 0.6 is 11.5 Å². The molecule has 0 aliphatic carbocycles. The molecule has 1 heterocycles. The Kier molecular flexibility index (Phi) is 4.08. The summed E-state index contributed by atoms with van der Waals surface area (Å²) in [5.41, 5.74) is 0.836. The average Bonchev–Trinajstić information content (AvgIpc) is 2.97. The van der Waals surface area contributed by atoms with E-state index in [4.69, 9.17) is 4.74 Å². The highest BCUT2D eigenvalue weighted by molar-refractivity contribution is 7.09. The molecular formula is C15H14FN3OS. The van der Waals surface area contributed by atoms with Gasteiger partial charge in [0.05, 0.1) is 6.61 Å². The lowest BCUT2D eigenvalue weighted by molar-refractivity contribution is 0.211. The summed E-state index contributed by atoms with van der Waals surface area (Å²) in [5.74, 6) is 0.374. The Hall–Kier alpha value is -2.05. The molecular weight excluding hydrogens is 289 g/mol. The first-order valence-electron chi connectivity index (χ1n) is 6.54. The van der Waals surface area contributed by atoms with E-state index in [-0.39, 0.29) is 5.82 Å². The quantitative estimate of drug-likeness (QED) is 0.732. The number of methoxy groups -OCH3 is 1. The molecule has 0 atom stereocenters. The number of rotatable bonds is 5. The maximum absolute atomic E-state index is 13.8. The highest BCUT2D eigenvalue weighted by Crippen LogP contribution is 2.30. The highest BCUT2D eigenvalue weighted by Gasteiger charge is 2.11. The van der Waals surface area contributed by atoms with Crippen LogP contribution < -0.4 is 5.32 Å². The summed E-state index contributed by atoms with van der Waals surface area (Å²) in [6.45, 7) is 1.28. The van der Waals surface area contributed by atoms with E-state index in [9.17, 15) is 4.39 Å². The van der Waals surface area contributed by atoms with Crippen LogP contribution in [0.1, 0.15) is 0 Å². The number of anilines is 1. The molecule has 21 heavy (non-hydrogen) atoms. The van der Waals surface area contributed by atoms with Crippen LogP contribution in [0.3, 0.4) is 0 Å². The molecule has 0 fully saturated rings. The first-order valence-corrected chi connectivity index (χ1v) is 7.31. The van der Waals surface area contributed by atoms with Gasteiger partial charge < -0.3 is 10.1 Å². The van der Waals surface area contributed by atoms with Crippen LogP contribution in [0.5, 0.6) is 0 Å². The summed E-state index contributed by atoms with van der Waals surface area (Å²) in [5, 5.41) is 5.27. The summed E-state index contributed by atoms with van der Waals surface area (Å²) in [6.07, 6.45) is 0. The van der Waals surface area contributed by atoms with Gasteiger partial charge in [-0.25, -0.2) is 4.39 Å². The number of nitrogens with zero attached hydrogens (tertiary/aromatic N) is 2. The molecule has 1 N–H and O–H groups in total. The molecule has 6 heteroatoms. The first-order chi connectivity index (χ1) is 10.3. The standard InChI is InChI=1S/C15H14FN3OS/c1-20-9-8-17-15-18-14(19-21-15)12-6-7-13(16)11-5-3-2-4-10(11)12/h2-7H,8-9H2,1H3,(H,17,18,19). The first kappa shape index (κ1) is 13.9. The smallest absolute Gasteiger partial charge is 0.202 e. The van der Waals surface area contributed by atoms with Crippen LogP contribution in [0.25, 0.3) is 22.2 Å². The van der Waals surface area contributed by atoms with E-state index in [1.807, 2.05) is 18.2 Å². The van der Waals surface area contributed by atoms with Crippen molar-refractivity contribution in [3.05, 3.63) is 42.2 Å². The van der Waals surface area contributed by atoms with E-state index in [1.165, 1.54) is 17.6 Å². The molecule has 0 saturated carbocycles. The van der Waals surface area contributed by atoms with Crippen molar-refractivity contribution in [3.8, 4) is 11.4 Å². The van der Waals surface area contributed by atoms with Gasteiger partial charge in [-0.05, 0) is 17.5 Å². The van der Waals surface area contributed by atoms with E-state index in [1.54, 1.807) is 19.2 Å². The number of hydrogen-bond donors (Lipinski definition) is 1. The minimum Gasteiger partial charge on any atom is -0.383 e. The number of nitrogens with one attached hydrogen (secondary N) is 1. The molecule has 0 spiro atoms. The van der Waals surface area contributed by atoms with Crippen LogP contribution in [-0.2, 0) is 4.74 Å². The fourth-order valence-electron chi connectivity index (χ4n) is 2.12. The van der Waals surface area contributed by atoms with Crippen LogP contribution in [-0.4, -0.2) is 29.6 Å². The van der Waals surface area contributed by atoms with Crippen molar-refractivity contribution in [1.29, 1.82) is 0 Å². The van der Waals surface area contributed by atoms with Gasteiger partial charge in [0.15, 0.2) is 5.82 Å². The molecule has 4 nitrogen and oxygen atoms in total. The Bertz CT molecular complexity index is 760. The third-order valence-electron chi connectivity index (χ3n) is 3.12. The summed E-state index contributed by atoms with van der Waals surface area (Å²) in [4.78, 5) is 4.45. The molecule has 108 valence electrons. The van der Waals surface area contributed by atoms with Gasteiger partial charge in [-0.1, -0.05) is 24.3 Å². The van der Waals surface area contributed by atoms with Crippen LogP contribution in [0, 0.1) is 5.82 Å². The minimum atomic E-state index is -0.233. The number of hydrogen-bond acceptors (Lipinski definition) is 5. The van der Waals surface area contributed by atoms with Crippen molar-refractivity contribution in [1.82, 2.24) is 9.36 Å². The van der Waals surface area contributed by atoms with Gasteiger partial charge >= 0.3 is 0 Å². The van der Waals surface area contributed by atoms with Crippen LogP contribution in [0.4, 0.5) is 9.52 Å². The van der Waals surface area contributed by atoms with E-state index in [2.05, 4.69) is 14.7 Å².